The van der Waals surface area contributed by atoms with Gasteiger partial charge >= 0.3 is 12.0 Å². The Balaban J connectivity index is 1.33. The lowest BCUT2D eigenvalue weighted by Gasteiger charge is -2.34. The molecule has 2 aromatic heterocycles. The van der Waals surface area contributed by atoms with Crippen molar-refractivity contribution < 1.29 is 14.3 Å². The van der Waals surface area contributed by atoms with Crippen LogP contribution in [0.2, 0.25) is 0 Å². The maximum absolute atomic E-state index is 12.7. The van der Waals surface area contributed by atoms with E-state index in [1.54, 1.807) is 18.3 Å². The van der Waals surface area contributed by atoms with E-state index in [2.05, 4.69) is 20.6 Å². The highest BCUT2D eigenvalue weighted by Gasteiger charge is 2.22. The van der Waals surface area contributed by atoms with Crippen LogP contribution in [-0.2, 0) is 11.3 Å². The summed E-state index contributed by atoms with van der Waals surface area (Å²) in [6, 6.07) is 7.40. The van der Waals surface area contributed by atoms with Crippen LogP contribution in [-0.4, -0.2) is 59.6 Å². The second-order valence-corrected chi connectivity index (χ2v) is 9.28. The zero-order valence-corrected chi connectivity index (χ0v) is 18.6. The first-order valence-corrected chi connectivity index (χ1v) is 11.6. The van der Waals surface area contributed by atoms with Gasteiger partial charge in [0.1, 0.15) is 4.88 Å². The molecule has 2 amide bonds. The Labute approximate surface area is 183 Å². The smallest absolute Gasteiger partial charge is 0.348 e. The van der Waals surface area contributed by atoms with Crippen LogP contribution in [0, 0.1) is 6.92 Å². The largest absolute Gasteiger partial charge is 0.462 e. The molecular formula is C21H24N4O3S2. The van der Waals surface area contributed by atoms with E-state index < -0.39 is 0 Å². The van der Waals surface area contributed by atoms with Gasteiger partial charge in [0, 0.05) is 48.5 Å². The summed E-state index contributed by atoms with van der Waals surface area (Å²) in [5.41, 5.74) is 1.82. The number of esters is 1. The van der Waals surface area contributed by atoms with E-state index in [0.717, 1.165) is 46.1 Å². The quantitative estimate of drug-likeness (QED) is 0.597. The zero-order chi connectivity index (χ0) is 21.1. The monoisotopic (exact) mass is 444 g/mol. The molecule has 0 bridgehead atoms. The first-order valence-electron chi connectivity index (χ1n) is 9.92. The zero-order valence-electron chi connectivity index (χ0n) is 17.0. The minimum Gasteiger partial charge on any atom is -0.462 e. The molecule has 1 N–H and O–H groups in total. The molecule has 1 aromatic carbocycles. The third-order valence-corrected chi connectivity index (χ3v) is 6.87. The number of benzene rings is 1. The van der Waals surface area contributed by atoms with Crippen molar-refractivity contribution in [3.05, 3.63) is 45.2 Å². The van der Waals surface area contributed by atoms with Crippen molar-refractivity contribution in [1.82, 2.24) is 14.8 Å². The number of nitrogens with one attached hydrogen (secondary N) is 1. The first-order chi connectivity index (χ1) is 14.5. The molecule has 4 rings (SSSR count). The highest BCUT2D eigenvalue weighted by molar-refractivity contribution is 7.20. The molecule has 1 aliphatic rings. The number of urea groups is 1. The number of piperazine rings is 1. The van der Waals surface area contributed by atoms with Gasteiger partial charge < -0.3 is 15.0 Å². The van der Waals surface area contributed by atoms with Crippen LogP contribution in [0.1, 0.15) is 27.3 Å². The Morgan fingerprint density at radius 1 is 1.20 bits per heavy atom. The predicted molar refractivity (Wildman–Crippen MR) is 121 cm³/mol. The van der Waals surface area contributed by atoms with E-state index in [4.69, 9.17) is 4.74 Å². The summed E-state index contributed by atoms with van der Waals surface area (Å²) in [4.78, 5) is 33.9. The van der Waals surface area contributed by atoms with E-state index in [1.807, 2.05) is 36.1 Å². The van der Waals surface area contributed by atoms with E-state index >= 15 is 0 Å². The normalized spacial score (nSPS) is 14.8. The summed E-state index contributed by atoms with van der Waals surface area (Å²) in [5, 5.41) is 7.08. The van der Waals surface area contributed by atoms with Crippen molar-refractivity contribution in [3.8, 4) is 0 Å². The van der Waals surface area contributed by atoms with Gasteiger partial charge in [0.15, 0.2) is 0 Å². The maximum atomic E-state index is 12.7. The van der Waals surface area contributed by atoms with Crippen molar-refractivity contribution in [2.24, 2.45) is 0 Å². The molecule has 7 nitrogen and oxygen atoms in total. The maximum Gasteiger partial charge on any atom is 0.348 e. The lowest BCUT2D eigenvalue weighted by Crippen LogP contribution is -2.49. The number of nitrogens with zero attached hydrogens (tertiary/aromatic N) is 3. The van der Waals surface area contributed by atoms with Crippen molar-refractivity contribution in [2.75, 3.05) is 38.1 Å². The molecule has 0 saturated carbocycles. The first kappa shape index (κ1) is 20.8. The summed E-state index contributed by atoms with van der Waals surface area (Å²) < 4.78 is 6.05. The van der Waals surface area contributed by atoms with Gasteiger partial charge in [-0.25, -0.2) is 14.6 Å². The highest BCUT2D eigenvalue weighted by atomic mass is 32.1. The van der Waals surface area contributed by atoms with Gasteiger partial charge in [0.25, 0.3) is 0 Å². The Hall–Kier alpha value is -2.49. The van der Waals surface area contributed by atoms with Crippen molar-refractivity contribution >= 4 is 50.4 Å². The van der Waals surface area contributed by atoms with E-state index in [9.17, 15) is 9.59 Å². The summed E-state index contributed by atoms with van der Waals surface area (Å²) in [5.74, 6) is -0.310. The third-order valence-electron chi connectivity index (χ3n) is 4.96. The predicted octanol–water partition coefficient (Wildman–Crippen LogP) is 4.19. The number of fused-ring (bicyclic) bond motifs is 1. The van der Waals surface area contributed by atoms with Gasteiger partial charge in [-0.05, 0) is 43.5 Å². The molecule has 0 spiro atoms. The van der Waals surface area contributed by atoms with Crippen LogP contribution < -0.4 is 5.32 Å². The van der Waals surface area contributed by atoms with Gasteiger partial charge in [0.2, 0.25) is 0 Å². The third kappa shape index (κ3) is 4.80. The van der Waals surface area contributed by atoms with Crippen LogP contribution in [0.3, 0.4) is 0 Å². The van der Waals surface area contributed by atoms with Crippen LogP contribution in [0.5, 0.6) is 0 Å². The minimum atomic E-state index is -0.310. The number of rotatable bonds is 5. The average molecular weight is 445 g/mol. The summed E-state index contributed by atoms with van der Waals surface area (Å²) >= 11 is 3.06. The Kier molecular flexibility index (Phi) is 6.31. The molecule has 0 radical (unpaired) electrons. The molecule has 1 fully saturated rings. The number of carbonyl (C=O) groups excluding carboxylic acids is 2. The van der Waals surface area contributed by atoms with Crippen molar-refractivity contribution in [3.63, 3.8) is 0 Å². The van der Waals surface area contributed by atoms with Gasteiger partial charge in [0.05, 0.1) is 17.3 Å². The van der Waals surface area contributed by atoms with Gasteiger partial charge in [-0.15, -0.1) is 22.7 Å². The average Bonchev–Trinajstić information content (AvgIpc) is 3.34. The molecular weight excluding hydrogens is 420 g/mol. The van der Waals surface area contributed by atoms with Crippen LogP contribution >= 0.6 is 22.7 Å². The fourth-order valence-electron chi connectivity index (χ4n) is 3.45. The van der Waals surface area contributed by atoms with E-state index in [1.165, 1.54) is 11.3 Å². The molecule has 0 aliphatic carbocycles. The lowest BCUT2D eigenvalue weighted by molar-refractivity contribution is 0.0532. The standard InChI is InChI=1S/C21H24N4O3S2/c1-3-28-20(26)19-11-15-10-16(4-5-18(15)30-19)23-21(27)25-8-6-24(7-9-25)12-17-13-29-14(2)22-17/h4-5,10-11,13H,3,6-9,12H2,1-2H3,(H,23,27). The second-order valence-electron chi connectivity index (χ2n) is 7.13. The Morgan fingerprint density at radius 2 is 2.00 bits per heavy atom. The van der Waals surface area contributed by atoms with Gasteiger partial charge in [-0.2, -0.15) is 0 Å². The molecule has 0 unspecified atom stereocenters. The molecule has 3 aromatic rings. The molecule has 30 heavy (non-hydrogen) atoms. The number of thiazole rings is 1. The van der Waals surface area contributed by atoms with Crippen LogP contribution in [0.25, 0.3) is 10.1 Å². The number of anilines is 1. The molecule has 0 atom stereocenters. The van der Waals surface area contributed by atoms with E-state index in [0.29, 0.717) is 24.6 Å². The van der Waals surface area contributed by atoms with Gasteiger partial charge in [-0.1, -0.05) is 0 Å². The number of thiophene rings is 1. The van der Waals surface area contributed by atoms with E-state index in [-0.39, 0.29) is 12.0 Å². The number of aryl methyl sites for hydroxylation is 1. The highest BCUT2D eigenvalue weighted by Crippen LogP contribution is 2.29. The molecule has 3 heterocycles. The fraction of sp³-hybridized carbons (Fsp3) is 0.381. The van der Waals surface area contributed by atoms with Crippen LogP contribution in [0.15, 0.2) is 29.6 Å². The summed E-state index contributed by atoms with van der Waals surface area (Å²) in [7, 11) is 0. The molecule has 1 aliphatic heterocycles. The number of ether oxygens (including phenoxy) is 1. The Morgan fingerprint density at radius 3 is 2.70 bits per heavy atom. The SMILES string of the molecule is CCOC(=O)c1cc2cc(NC(=O)N3CCN(Cc4csc(C)n4)CC3)ccc2s1. The number of hydrogen-bond donors (Lipinski definition) is 1. The number of carbonyl (C=O) groups is 2. The summed E-state index contributed by atoms with van der Waals surface area (Å²) in [6.45, 7) is 8.01. The molecule has 9 heteroatoms. The van der Waals surface area contributed by atoms with Gasteiger partial charge in [-0.3, -0.25) is 4.90 Å². The van der Waals surface area contributed by atoms with Crippen LogP contribution in [0.4, 0.5) is 10.5 Å². The minimum absolute atomic E-state index is 0.0978. The number of aromatic nitrogens is 1. The van der Waals surface area contributed by atoms with Crippen molar-refractivity contribution in [1.29, 1.82) is 0 Å². The van der Waals surface area contributed by atoms with Crippen molar-refractivity contribution in [2.45, 2.75) is 20.4 Å². The number of amides is 2. The summed E-state index contributed by atoms with van der Waals surface area (Å²) in [6.07, 6.45) is 0. The topological polar surface area (TPSA) is 74.8 Å². The second kappa shape index (κ2) is 9.11. The number of hydrogen-bond acceptors (Lipinski definition) is 7. The Bertz CT molecular complexity index is 1050. The fourth-order valence-corrected chi connectivity index (χ4v) is 4.99. The molecule has 1 saturated heterocycles. The lowest BCUT2D eigenvalue weighted by atomic mass is 10.2. The molecule has 158 valence electrons.